The van der Waals surface area contributed by atoms with Crippen LogP contribution in [0.3, 0.4) is 0 Å². The number of aliphatic hydroxyl groups excluding tert-OH is 2. The highest BCUT2D eigenvalue weighted by Crippen LogP contribution is 2.03. The monoisotopic (exact) mass is 224 g/mol. The summed E-state index contributed by atoms with van der Waals surface area (Å²) in [6, 6.07) is 8.74. The van der Waals surface area contributed by atoms with Crippen molar-refractivity contribution in [3.63, 3.8) is 0 Å². The molecule has 1 atom stereocenters. The van der Waals surface area contributed by atoms with Crippen LogP contribution in [-0.4, -0.2) is 35.5 Å². The molecule has 1 rings (SSSR count). The predicted octanol–water partition coefficient (Wildman–Crippen LogP) is 0.977. The summed E-state index contributed by atoms with van der Waals surface area (Å²) in [5, 5.41) is 17.6. The van der Waals surface area contributed by atoms with Crippen LogP contribution in [0.25, 0.3) is 0 Å². The van der Waals surface area contributed by atoms with Gasteiger partial charge in [0.2, 0.25) is 0 Å². The number of hydrogen-bond acceptors (Lipinski definition) is 4. The van der Waals surface area contributed by atoms with Gasteiger partial charge in [-0.25, -0.2) is 4.79 Å². The summed E-state index contributed by atoms with van der Waals surface area (Å²) < 4.78 is 4.99. The van der Waals surface area contributed by atoms with Gasteiger partial charge in [0.25, 0.3) is 0 Å². The summed E-state index contributed by atoms with van der Waals surface area (Å²) in [6.07, 6.45) is 0.245. The van der Waals surface area contributed by atoms with Gasteiger partial charge < -0.3 is 14.9 Å². The van der Waals surface area contributed by atoms with Gasteiger partial charge in [-0.3, -0.25) is 0 Å². The number of hydrogen-bond donors (Lipinski definition) is 2. The van der Waals surface area contributed by atoms with Gasteiger partial charge >= 0.3 is 5.97 Å². The first-order chi connectivity index (χ1) is 7.74. The third-order valence-corrected chi connectivity index (χ3v) is 2.14. The molecule has 0 aliphatic rings. The Labute approximate surface area is 94.5 Å². The molecule has 4 nitrogen and oxygen atoms in total. The summed E-state index contributed by atoms with van der Waals surface area (Å²) >= 11 is 0. The molecule has 0 saturated heterocycles. The third-order valence-electron chi connectivity index (χ3n) is 2.14. The molecule has 0 aromatic heterocycles. The van der Waals surface area contributed by atoms with Crippen LogP contribution in [0.2, 0.25) is 0 Å². The van der Waals surface area contributed by atoms with E-state index in [1.54, 1.807) is 24.3 Å². The Kier molecular flexibility index (Phi) is 5.53. The maximum Gasteiger partial charge on any atom is 0.338 e. The molecule has 0 amide bonds. The molecule has 0 heterocycles. The van der Waals surface area contributed by atoms with Crippen molar-refractivity contribution in [2.75, 3.05) is 13.2 Å². The Morgan fingerprint density at radius 2 is 2.00 bits per heavy atom. The number of carbonyl (C=O) groups is 1. The quantitative estimate of drug-likeness (QED) is 0.558. The SMILES string of the molecule is O=C(OCCCC(O)CO)c1ccccc1. The van der Waals surface area contributed by atoms with Gasteiger partial charge in [0.1, 0.15) is 0 Å². The molecule has 4 heteroatoms. The minimum absolute atomic E-state index is 0.255. The summed E-state index contributed by atoms with van der Waals surface area (Å²) in [5.74, 6) is -0.362. The van der Waals surface area contributed by atoms with Crippen LogP contribution >= 0.6 is 0 Å². The summed E-state index contributed by atoms with van der Waals surface area (Å²) in [7, 11) is 0. The normalized spacial score (nSPS) is 12.1. The van der Waals surface area contributed by atoms with E-state index >= 15 is 0 Å². The highest BCUT2D eigenvalue weighted by molar-refractivity contribution is 5.89. The van der Waals surface area contributed by atoms with Crippen molar-refractivity contribution in [2.45, 2.75) is 18.9 Å². The summed E-state index contributed by atoms with van der Waals surface area (Å²) in [4.78, 5) is 11.4. The fourth-order valence-electron chi connectivity index (χ4n) is 1.23. The zero-order valence-electron chi connectivity index (χ0n) is 9.00. The fraction of sp³-hybridized carbons (Fsp3) is 0.417. The van der Waals surface area contributed by atoms with Crippen LogP contribution in [0.5, 0.6) is 0 Å². The van der Waals surface area contributed by atoms with E-state index in [1.807, 2.05) is 6.07 Å². The standard InChI is InChI=1S/C12H16O4/c13-9-11(14)7-4-8-16-12(15)10-5-2-1-3-6-10/h1-3,5-6,11,13-14H,4,7-9H2. The molecule has 0 aliphatic heterocycles. The van der Waals surface area contributed by atoms with E-state index in [4.69, 9.17) is 14.9 Å². The Morgan fingerprint density at radius 1 is 1.31 bits per heavy atom. The Hall–Kier alpha value is -1.39. The second-order valence-electron chi connectivity index (χ2n) is 3.48. The van der Waals surface area contributed by atoms with E-state index in [2.05, 4.69) is 0 Å². The highest BCUT2D eigenvalue weighted by Gasteiger charge is 2.06. The van der Waals surface area contributed by atoms with Crippen LogP contribution in [0.4, 0.5) is 0 Å². The van der Waals surface area contributed by atoms with Crippen molar-refractivity contribution >= 4 is 5.97 Å². The topological polar surface area (TPSA) is 66.8 Å². The number of esters is 1. The summed E-state index contributed by atoms with van der Waals surface area (Å²) in [6.45, 7) is -0.00256. The first-order valence-corrected chi connectivity index (χ1v) is 5.25. The van der Waals surface area contributed by atoms with Crippen molar-refractivity contribution in [1.29, 1.82) is 0 Å². The summed E-state index contributed by atoms with van der Waals surface area (Å²) in [5.41, 5.74) is 0.519. The number of carbonyl (C=O) groups excluding carboxylic acids is 1. The molecular formula is C12H16O4. The lowest BCUT2D eigenvalue weighted by Gasteiger charge is -2.07. The molecule has 16 heavy (non-hydrogen) atoms. The molecular weight excluding hydrogens is 208 g/mol. The van der Waals surface area contributed by atoms with Gasteiger partial charge in [-0.2, -0.15) is 0 Å². The van der Waals surface area contributed by atoms with Gasteiger partial charge in [-0.15, -0.1) is 0 Å². The van der Waals surface area contributed by atoms with Crippen molar-refractivity contribution in [3.05, 3.63) is 35.9 Å². The molecule has 1 aromatic carbocycles. The molecule has 1 aromatic rings. The number of rotatable bonds is 6. The van der Waals surface area contributed by atoms with Crippen molar-refractivity contribution < 1.29 is 19.7 Å². The minimum Gasteiger partial charge on any atom is -0.462 e. The van der Waals surface area contributed by atoms with Crippen LogP contribution < -0.4 is 0 Å². The molecule has 0 aliphatic carbocycles. The van der Waals surface area contributed by atoms with Gasteiger partial charge in [0.15, 0.2) is 0 Å². The van der Waals surface area contributed by atoms with E-state index in [1.165, 1.54) is 0 Å². The van der Waals surface area contributed by atoms with Crippen LogP contribution in [0, 0.1) is 0 Å². The second-order valence-corrected chi connectivity index (χ2v) is 3.48. The van der Waals surface area contributed by atoms with Crippen molar-refractivity contribution in [1.82, 2.24) is 0 Å². The molecule has 0 saturated carbocycles. The predicted molar refractivity (Wildman–Crippen MR) is 59.1 cm³/mol. The number of ether oxygens (including phenoxy) is 1. The number of benzene rings is 1. The van der Waals surface area contributed by atoms with Gasteiger partial charge in [0, 0.05) is 0 Å². The first-order valence-electron chi connectivity index (χ1n) is 5.25. The molecule has 0 spiro atoms. The lowest BCUT2D eigenvalue weighted by atomic mass is 10.2. The average Bonchev–Trinajstić information content (AvgIpc) is 2.35. The first kappa shape index (κ1) is 12.7. The Bertz CT molecular complexity index is 310. The Morgan fingerprint density at radius 3 is 2.62 bits per heavy atom. The van der Waals surface area contributed by atoms with E-state index in [0.717, 1.165) is 0 Å². The maximum absolute atomic E-state index is 11.4. The van der Waals surface area contributed by atoms with E-state index in [9.17, 15) is 4.79 Å². The Balaban J connectivity index is 2.21. The molecule has 1 unspecified atom stereocenters. The number of aliphatic hydroxyl groups is 2. The zero-order valence-corrected chi connectivity index (χ0v) is 9.00. The molecule has 0 fully saturated rings. The highest BCUT2D eigenvalue weighted by atomic mass is 16.5. The molecule has 88 valence electrons. The van der Waals surface area contributed by atoms with Gasteiger partial charge in [-0.05, 0) is 25.0 Å². The van der Waals surface area contributed by atoms with Crippen molar-refractivity contribution in [3.8, 4) is 0 Å². The molecule has 0 bridgehead atoms. The van der Waals surface area contributed by atoms with Crippen molar-refractivity contribution in [2.24, 2.45) is 0 Å². The lowest BCUT2D eigenvalue weighted by Crippen LogP contribution is -2.13. The largest absolute Gasteiger partial charge is 0.462 e. The van der Waals surface area contributed by atoms with E-state index < -0.39 is 6.10 Å². The zero-order chi connectivity index (χ0) is 11.8. The average molecular weight is 224 g/mol. The van der Waals surface area contributed by atoms with Crippen LogP contribution in [-0.2, 0) is 4.74 Å². The lowest BCUT2D eigenvalue weighted by molar-refractivity contribution is 0.0446. The molecule has 2 N–H and O–H groups in total. The van der Waals surface area contributed by atoms with E-state index in [-0.39, 0.29) is 19.2 Å². The molecule has 0 radical (unpaired) electrons. The smallest absolute Gasteiger partial charge is 0.338 e. The second kappa shape index (κ2) is 6.98. The third kappa shape index (κ3) is 4.42. The van der Waals surface area contributed by atoms with Crippen LogP contribution in [0.1, 0.15) is 23.2 Å². The fourth-order valence-corrected chi connectivity index (χ4v) is 1.23. The van der Waals surface area contributed by atoms with Crippen LogP contribution in [0.15, 0.2) is 30.3 Å². The van der Waals surface area contributed by atoms with E-state index in [0.29, 0.717) is 18.4 Å². The van der Waals surface area contributed by atoms with Gasteiger partial charge in [-0.1, -0.05) is 18.2 Å². The maximum atomic E-state index is 11.4. The van der Waals surface area contributed by atoms with Gasteiger partial charge in [0.05, 0.1) is 24.9 Å². The minimum atomic E-state index is -0.726.